The van der Waals surface area contributed by atoms with Gasteiger partial charge in [0.1, 0.15) is 11.6 Å². The summed E-state index contributed by atoms with van der Waals surface area (Å²) in [4.78, 5) is 12.5. The lowest BCUT2D eigenvalue weighted by molar-refractivity contribution is -0.113. The number of benzene rings is 3. The van der Waals surface area contributed by atoms with Gasteiger partial charge in [-0.2, -0.15) is 0 Å². The van der Waals surface area contributed by atoms with Crippen LogP contribution in [0.1, 0.15) is 0 Å². The lowest BCUT2D eigenvalue weighted by atomic mass is 10.2. The standard InChI is InChI=1S/C23H17Cl2FN4O2S/c1-32-18-9-2-14(3-10-18)22-28-29-23(30(22)17-7-4-15(24)5-8-17)33-13-21(31)27-16-6-11-20(26)19(25)12-16/h2-12H,13H2,1H3,(H,27,31). The Hall–Kier alpha value is -3.07. The van der Waals surface area contributed by atoms with Gasteiger partial charge in [-0.25, -0.2) is 4.39 Å². The normalized spacial score (nSPS) is 10.8. The maximum atomic E-state index is 13.3. The molecule has 4 aromatic rings. The van der Waals surface area contributed by atoms with Gasteiger partial charge in [-0.05, 0) is 66.7 Å². The topological polar surface area (TPSA) is 69.0 Å². The van der Waals surface area contributed by atoms with Crippen molar-refractivity contribution in [2.75, 3.05) is 18.2 Å². The molecule has 1 aromatic heterocycles. The molecule has 0 aliphatic carbocycles. The maximum absolute atomic E-state index is 13.3. The molecule has 1 heterocycles. The highest BCUT2D eigenvalue weighted by Gasteiger charge is 2.18. The predicted molar refractivity (Wildman–Crippen MR) is 129 cm³/mol. The summed E-state index contributed by atoms with van der Waals surface area (Å²) in [5.74, 6) is 0.547. The number of carbonyl (C=O) groups excluding carboxylic acids is 1. The number of halogens is 3. The van der Waals surface area contributed by atoms with Crippen LogP contribution in [0.3, 0.4) is 0 Å². The number of anilines is 1. The number of aromatic nitrogens is 3. The van der Waals surface area contributed by atoms with Crippen LogP contribution < -0.4 is 10.1 Å². The van der Waals surface area contributed by atoms with Crippen molar-refractivity contribution < 1.29 is 13.9 Å². The second-order valence-corrected chi connectivity index (χ2v) is 8.60. The number of ether oxygens (including phenoxy) is 1. The molecule has 33 heavy (non-hydrogen) atoms. The molecule has 4 rings (SSSR count). The number of thioether (sulfide) groups is 1. The first kappa shape index (κ1) is 23.1. The molecule has 10 heteroatoms. The van der Waals surface area contributed by atoms with Crippen LogP contribution in [0.5, 0.6) is 5.75 Å². The Bertz CT molecular complexity index is 1280. The Labute approximate surface area is 203 Å². The molecule has 1 N–H and O–H groups in total. The molecule has 0 aliphatic rings. The zero-order valence-electron chi connectivity index (χ0n) is 17.3. The fourth-order valence-electron chi connectivity index (χ4n) is 3.01. The third-order valence-corrected chi connectivity index (χ3v) is 6.07. The van der Waals surface area contributed by atoms with E-state index in [2.05, 4.69) is 15.5 Å². The van der Waals surface area contributed by atoms with Gasteiger partial charge >= 0.3 is 0 Å². The van der Waals surface area contributed by atoms with Crippen molar-refractivity contribution in [3.8, 4) is 22.8 Å². The Balaban J connectivity index is 1.59. The lowest BCUT2D eigenvalue weighted by Crippen LogP contribution is -2.14. The zero-order chi connectivity index (χ0) is 23.4. The molecule has 0 saturated heterocycles. The van der Waals surface area contributed by atoms with Crippen molar-refractivity contribution in [1.82, 2.24) is 14.8 Å². The van der Waals surface area contributed by atoms with Crippen LogP contribution in [0.15, 0.2) is 71.9 Å². The van der Waals surface area contributed by atoms with Crippen LogP contribution in [-0.4, -0.2) is 33.5 Å². The van der Waals surface area contributed by atoms with Gasteiger partial charge in [0.15, 0.2) is 11.0 Å². The Morgan fingerprint density at radius 2 is 1.79 bits per heavy atom. The monoisotopic (exact) mass is 502 g/mol. The molecular formula is C23H17Cl2FN4O2S. The summed E-state index contributed by atoms with van der Waals surface area (Å²) in [7, 11) is 1.60. The number of nitrogens with zero attached hydrogens (tertiary/aromatic N) is 3. The highest BCUT2D eigenvalue weighted by atomic mass is 35.5. The summed E-state index contributed by atoms with van der Waals surface area (Å²) in [5, 5.41) is 12.4. The summed E-state index contributed by atoms with van der Waals surface area (Å²) < 4.78 is 20.4. The molecule has 0 spiro atoms. The summed E-state index contributed by atoms with van der Waals surface area (Å²) in [5.41, 5.74) is 2.03. The fraction of sp³-hybridized carbons (Fsp3) is 0.0870. The van der Waals surface area contributed by atoms with Crippen molar-refractivity contribution in [2.24, 2.45) is 0 Å². The molecule has 0 unspecified atom stereocenters. The van der Waals surface area contributed by atoms with E-state index in [0.717, 1.165) is 17.0 Å². The molecule has 0 radical (unpaired) electrons. The highest BCUT2D eigenvalue weighted by molar-refractivity contribution is 7.99. The van der Waals surface area contributed by atoms with E-state index in [1.165, 1.54) is 30.0 Å². The van der Waals surface area contributed by atoms with E-state index < -0.39 is 5.82 Å². The average molecular weight is 503 g/mol. The van der Waals surface area contributed by atoms with E-state index in [1.807, 2.05) is 41.0 Å². The summed E-state index contributed by atoms with van der Waals surface area (Å²) >= 11 is 13.1. The fourth-order valence-corrected chi connectivity index (χ4v) is 4.07. The van der Waals surface area contributed by atoms with Gasteiger partial charge in [0.25, 0.3) is 0 Å². The van der Waals surface area contributed by atoms with Crippen LogP contribution in [0.2, 0.25) is 10.0 Å². The van der Waals surface area contributed by atoms with Gasteiger partial charge in [0.05, 0.1) is 17.9 Å². The molecule has 0 fully saturated rings. The second kappa shape index (κ2) is 10.2. The number of methoxy groups -OCH3 is 1. The smallest absolute Gasteiger partial charge is 0.234 e. The highest BCUT2D eigenvalue weighted by Crippen LogP contribution is 2.30. The largest absolute Gasteiger partial charge is 0.497 e. The van der Waals surface area contributed by atoms with E-state index in [4.69, 9.17) is 27.9 Å². The van der Waals surface area contributed by atoms with Crippen molar-refractivity contribution >= 4 is 46.6 Å². The van der Waals surface area contributed by atoms with Gasteiger partial charge in [0, 0.05) is 22.0 Å². The first-order valence-electron chi connectivity index (χ1n) is 9.68. The van der Waals surface area contributed by atoms with Crippen LogP contribution in [0.4, 0.5) is 10.1 Å². The van der Waals surface area contributed by atoms with E-state index in [-0.39, 0.29) is 16.7 Å². The molecule has 0 saturated carbocycles. The molecule has 0 atom stereocenters. The number of carbonyl (C=O) groups is 1. The van der Waals surface area contributed by atoms with Crippen molar-refractivity contribution in [1.29, 1.82) is 0 Å². The van der Waals surface area contributed by atoms with Gasteiger partial charge in [-0.1, -0.05) is 35.0 Å². The third kappa shape index (κ3) is 5.47. The number of nitrogens with one attached hydrogen (secondary N) is 1. The summed E-state index contributed by atoms with van der Waals surface area (Å²) in [6, 6.07) is 18.7. The van der Waals surface area contributed by atoms with Crippen LogP contribution in [0, 0.1) is 5.82 Å². The number of hydrogen-bond donors (Lipinski definition) is 1. The average Bonchev–Trinajstić information content (AvgIpc) is 3.24. The Morgan fingerprint density at radius 3 is 2.45 bits per heavy atom. The van der Waals surface area contributed by atoms with Crippen LogP contribution >= 0.6 is 35.0 Å². The van der Waals surface area contributed by atoms with Crippen molar-refractivity contribution in [3.63, 3.8) is 0 Å². The zero-order valence-corrected chi connectivity index (χ0v) is 19.6. The maximum Gasteiger partial charge on any atom is 0.234 e. The predicted octanol–water partition coefficient (Wildman–Crippen LogP) is 6.12. The number of hydrogen-bond acceptors (Lipinski definition) is 5. The lowest BCUT2D eigenvalue weighted by Gasteiger charge is -2.11. The van der Waals surface area contributed by atoms with Crippen molar-refractivity contribution in [2.45, 2.75) is 5.16 Å². The van der Waals surface area contributed by atoms with Crippen LogP contribution in [0.25, 0.3) is 17.1 Å². The van der Waals surface area contributed by atoms with Gasteiger partial charge in [-0.3, -0.25) is 9.36 Å². The molecule has 1 amide bonds. The number of amides is 1. The quantitative estimate of drug-likeness (QED) is 0.308. The first-order valence-corrected chi connectivity index (χ1v) is 11.4. The van der Waals surface area contributed by atoms with E-state index >= 15 is 0 Å². The minimum Gasteiger partial charge on any atom is -0.497 e. The van der Waals surface area contributed by atoms with Gasteiger partial charge in [-0.15, -0.1) is 10.2 Å². The molecule has 168 valence electrons. The van der Waals surface area contributed by atoms with E-state index in [0.29, 0.717) is 21.7 Å². The van der Waals surface area contributed by atoms with Gasteiger partial charge in [0.2, 0.25) is 5.91 Å². The molecule has 0 bridgehead atoms. The summed E-state index contributed by atoms with van der Waals surface area (Å²) in [6.07, 6.45) is 0. The minimum absolute atomic E-state index is 0.0589. The Morgan fingerprint density at radius 1 is 1.06 bits per heavy atom. The molecular weight excluding hydrogens is 486 g/mol. The molecule has 0 aliphatic heterocycles. The van der Waals surface area contributed by atoms with E-state index in [1.54, 1.807) is 19.2 Å². The molecule has 3 aromatic carbocycles. The molecule has 6 nitrogen and oxygen atoms in total. The van der Waals surface area contributed by atoms with E-state index in [9.17, 15) is 9.18 Å². The Kier molecular flexibility index (Phi) is 7.17. The first-order chi connectivity index (χ1) is 15.9. The van der Waals surface area contributed by atoms with Gasteiger partial charge < -0.3 is 10.1 Å². The summed E-state index contributed by atoms with van der Waals surface area (Å²) in [6.45, 7) is 0. The number of rotatable bonds is 7. The second-order valence-electron chi connectivity index (χ2n) is 6.81. The van der Waals surface area contributed by atoms with Crippen molar-refractivity contribution in [3.05, 3.63) is 82.6 Å². The third-order valence-electron chi connectivity index (χ3n) is 4.60. The van der Waals surface area contributed by atoms with Crippen LogP contribution in [-0.2, 0) is 4.79 Å². The SMILES string of the molecule is COc1ccc(-c2nnc(SCC(=O)Nc3ccc(F)c(Cl)c3)n2-c2ccc(Cl)cc2)cc1. The minimum atomic E-state index is -0.550.